The SMILES string of the molecule is O=C(CCNS(=O)(=O)c1ccc(Cl)cc1)NNC(=O)c1ccco1. The summed E-state index contributed by atoms with van der Waals surface area (Å²) >= 11 is 5.70. The third-order valence-corrected chi connectivity index (χ3v) is 4.56. The summed E-state index contributed by atoms with van der Waals surface area (Å²) in [4.78, 5) is 23.1. The van der Waals surface area contributed by atoms with Crippen molar-refractivity contribution in [2.24, 2.45) is 0 Å². The van der Waals surface area contributed by atoms with Gasteiger partial charge in [-0.1, -0.05) is 11.6 Å². The van der Waals surface area contributed by atoms with Crippen molar-refractivity contribution in [2.45, 2.75) is 11.3 Å². The van der Waals surface area contributed by atoms with Gasteiger partial charge in [0.1, 0.15) is 0 Å². The number of furan rings is 1. The van der Waals surface area contributed by atoms with Gasteiger partial charge in [0, 0.05) is 18.0 Å². The van der Waals surface area contributed by atoms with Crippen LogP contribution in [0.5, 0.6) is 0 Å². The van der Waals surface area contributed by atoms with Crippen molar-refractivity contribution in [1.82, 2.24) is 15.6 Å². The van der Waals surface area contributed by atoms with Gasteiger partial charge in [0.25, 0.3) is 0 Å². The van der Waals surface area contributed by atoms with Gasteiger partial charge in [-0.3, -0.25) is 20.4 Å². The third-order valence-electron chi connectivity index (χ3n) is 2.83. The molecule has 0 spiro atoms. The molecule has 1 aromatic heterocycles. The smallest absolute Gasteiger partial charge is 0.305 e. The number of carbonyl (C=O) groups is 2. The molecule has 0 saturated heterocycles. The second-order valence-corrected chi connectivity index (χ2v) is 6.78. The van der Waals surface area contributed by atoms with Crippen LogP contribution in [0, 0.1) is 0 Å². The number of benzene rings is 1. The largest absolute Gasteiger partial charge is 0.459 e. The van der Waals surface area contributed by atoms with Gasteiger partial charge in [-0.05, 0) is 36.4 Å². The summed E-state index contributed by atoms with van der Waals surface area (Å²) < 4.78 is 31.1. The Morgan fingerprint density at radius 3 is 2.42 bits per heavy atom. The van der Waals surface area contributed by atoms with E-state index < -0.39 is 21.8 Å². The molecular weight excluding hydrogens is 358 g/mol. The van der Waals surface area contributed by atoms with Crippen molar-refractivity contribution in [1.29, 1.82) is 0 Å². The molecule has 0 bridgehead atoms. The number of rotatable bonds is 6. The lowest BCUT2D eigenvalue weighted by Crippen LogP contribution is -2.42. The van der Waals surface area contributed by atoms with Gasteiger partial charge in [0.2, 0.25) is 15.9 Å². The molecule has 3 N–H and O–H groups in total. The Labute approximate surface area is 143 Å². The van der Waals surface area contributed by atoms with Gasteiger partial charge in [-0.2, -0.15) is 0 Å². The first-order valence-corrected chi connectivity index (χ1v) is 8.62. The maximum absolute atomic E-state index is 12.0. The summed E-state index contributed by atoms with van der Waals surface area (Å²) in [6.45, 7) is -0.132. The van der Waals surface area contributed by atoms with E-state index in [1.165, 1.54) is 42.7 Å². The summed E-state index contributed by atoms with van der Waals surface area (Å²) in [6, 6.07) is 8.58. The van der Waals surface area contributed by atoms with E-state index in [0.717, 1.165) is 0 Å². The van der Waals surface area contributed by atoms with Gasteiger partial charge in [0.05, 0.1) is 11.2 Å². The molecule has 8 nitrogen and oxygen atoms in total. The summed E-state index contributed by atoms with van der Waals surface area (Å²) in [6.07, 6.45) is 1.16. The van der Waals surface area contributed by atoms with Gasteiger partial charge >= 0.3 is 5.91 Å². The maximum Gasteiger partial charge on any atom is 0.305 e. The van der Waals surface area contributed by atoms with Crippen LogP contribution in [0.15, 0.2) is 52.0 Å². The number of nitrogens with one attached hydrogen (secondary N) is 3. The van der Waals surface area contributed by atoms with E-state index in [0.29, 0.717) is 5.02 Å². The van der Waals surface area contributed by atoms with Crippen LogP contribution in [0.3, 0.4) is 0 Å². The number of hydrogen-bond acceptors (Lipinski definition) is 5. The number of hydrazine groups is 1. The van der Waals surface area contributed by atoms with E-state index in [-0.39, 0.29) is 23.6 Å². The van der Waals surface area contributed by atoms with Gasteiger partial charge < -0.3 is 4.42 Å². The average molecular weight is 372 g/mol. The van der Waals surface area contributed by atoms with Crippen LogP contribution in [-0.4, -0.2) is 26.8 Å². The van der Waals surface area contributed by atoms with E-state index in [9.17, 15) is 18.0 Å². The Hall–Kier alpha value is -2.36. The second-order valence-electron chi connectivity index (χ2n) is 4.58. The molecule has 0 unspecified atom stereocenters. The lowest BCUT2D eigenvalue weighted by atomic mass is 10.4. The summed E-state index contributed by atoms with van der Waals surface area (Å²) in [5, 5.41) is 0.417. The Bertz CT molecular complexity index is 803. The molecular formula is C14H14ClN3O5S. The molecule has 0 aliphatic carbocycles. The Kier molecular flexibility index (Phi) is 5.96. The van der Waals surface area contributed by atoms with Gasteiger partial charge in [-0.15, -0.1) is 0 Å². The summed E-state index contributed by atoms with van der Waals surface area (Å²) in [7, 11) is -3.73. The first-order chi connectivity index (χ1) is 11.4. The first-order valence-electron chi connectivity index (χ1n) is 6.76. The predicted octanol–water partition coefficient (Wildman–Crippen LogP) is 1.06. The number of sulfonamides is 1. The third kappa shape index (κ3) is 5.08. The highest BCUT2D eigenvalue weighted by Crippen LogP contribution is 2.13. The highest BCUT2D eigenvalue weighted by Gasteiger charge is 2.14. The predicted molar refractivity (Wildman–Crippen MR) is 85.6 cm³/mol. The molecule has 10 heteroatoms. The molecule has 2 amide bonds. The molecule has 1 aromatic carbocycles. The molecule has 0 fully saturated rings. The fourth-order valence-electron chi connectivity index (χ4n) is 1.65. The minimum Gasteiger partial charge on any atom is -0.459 e. The molecule has 0 saturated carbocycles. The van der Waals surface area contributed by atoms with Crippen molar-refractivity contribution in [2.75, 3.05) is 6.54 Å². The zero-order chi connectivity index (χ0) is 17.6. The molecule has 2 aromatic rings. The van der Waals surface area contributed by atoms with E-state index in [1.807, 2.05) is 0 Å². The number of halogens is 1. The number of amides is 2. The van der Waals surface area contributed by atoms with Crippen LogP contribution >= 0.6 is 11.6 Å². The summed E-state index contributed by atoms with van der Waals surface area (Å²) in [5.74, 6) is -1.14. The maximum atomic E-state index is 12.0. The molecule has 0 radical (unpaired) electrons. The van der Waals surface area contributed by atoms with E-state index in [4.69, 9.17) is 16.0 Å². The fourth-order valence-corrected chi connectivity index (χ4v) is 2.81. The van der Waals surface area contributed by atoms with Crippen molar-refractivity contribution in [3.05, 3.63) is 53.4 Å². The van der Waals surface area contributed by atoms with E-state index >= 15 is 0 Å². The molecule has 1 heterocycles. The standard InChI is InChI=1S/C14H14ClN3O5S/c15-10-3-5-11(6-4-10)24(21,22)16-8-7-13(19)17-18-14(20)12-2-1-9-23-12/h1-6,9,16H,7-8H2,(H,17,19)(H,18,20). The van der Waals surface area contributed by atoms with Crippen LogP contribution in [0.4, 0.5) is 0 Å². The quantitative estimate of drug-likeness (QED) is 0.656. The average Bonchev–Trinajstić information content (AvgIpc) is 3.07. The minimum atomic E-state index is -3.73. The molecule has 0 aliphatic heterocycles. The number of hydrogen-bond donors (Lipinski definition) is 3. The monoisotopic (exact) mass is 371 g/mol. The lowest BCUT2D eigenvalue weighted by molar-refractivity contribution is -0.121. The lowest BCUT2D eigenvalue weighted by Gasteiger charge is -2.08. The van der Waals surface area contributed by atoms with Crippen LogP contribution in [0.25, 0.3) is 0 Å². The van der Waals surface area contributed by atoms with Crippen molar-refractivity contribution < 1.29 is 22.4 Å². The van der Waals surface area contributed by atoms with Crippen LogP contribution < -0.4 is 15.6 Å². The molecule has 0 atom stereocenters. The topological polar surface area (TPSA) is 118 Å². The highest BCUT2D eigenvalue weighted by atomic mass is 35.5. The zero-order valence-corrected chi connectivity index (χ0v) is 13.9. The second kappa shape index (κ2) is 7.95. The van der Waals surface area contributed by atoms with Crippen molar-refractivity contribution in [3.8, 4) is 0 Å². The first kappa shape index (κ1) is 18.0. The number of carbonyl (C=O) groups excluding carboxylic acids is 2. The molecule has 24 heavy (non-hydrogen) atoms. The van der Waals surface area contributed by atoms with E-state index in [1.54, 1.807) is 0 Å². The fraction of sp³-hybridized carbons (Fsp3) is 0.143. The van der Waals surface area contributed by atoms with Crippen LogP contribution in [0.1, 0.15) is 17.0 Å². The summed E-state index contributed by atoms with van der Waals surface area (Å²) in [5.41, 5.74) is 4.30. The molecule has 128 valence electrons. The van der Waals surface area contributed by atoms with Crippen molar-refractivity contribution in [3.63, 3.8) is 0 Å². The molecule has 2 rings (SSSR count). The highest BCUT2D eigenvalue weighted by molar-refractivity contribution is 7.89. The Morgan fingerprint density at radius 1 is 1.08 bits per heavy atom. The zero-order valence-electron chi connectivity index (χ0n) is 12.3. The normalized spacial score (nSPS) is 11.0. The van der Waals surface area contributed by atoms with Crippen molar-refractivity contribution >= 4 is 33.4 Å². The minimum absolute atomic E-state index is 0.0402. The van der Waals surface area contributed by atoms with E-state index in [2.05, 4.69) is 15.6 Å². The Morgan fingerprint density at radius 2 is 1.79 bits per heavy atom. The Balaban J connectivity index is 1.76. The van der Waals surface area contributed by atoms with Crippen LogP contribution in [-0.2, 0) is 14.8 Å². The van der Waals surface area contributed by atoms with Crippen LogP contribution in [0.2, 0.25) is 5.02 Å². The van der Waals surface area contributed by atoms with Gasteiger partial charge in [0.15, 0.2) is 5.76 Å². The van der Waals surface area contributed by atoms with Gasteiger partial charge in [-0.25, -0.2) is 13.1 Å². The molecule has 0 aliphatic rings.